The van der Waals surface area contributed by atoms with Gasteiger partial charge in [0.25, 0.3) is 0 Å². The van der Waals surface area contributed by atoms with Crippen LogP contribution in [0.15, 0.2) is 18.2 Å². The lowest BCUT2D eigenvalue weighted by Crippen LogP contribution is -2.35. The SMILES string of the molecule is Cc1cccc(CNC(C)(C)C)c1OCCOC(C)(C)C. The molecule has 0 atom stereocenters. The summed E-state index contributed by atoms with van der Waals surface area (Å²) in [6, 6.07) is 6.28. The van der Waals surface area contributed by atoms with Gasteiger partial charge in [-0.1, -0.05) is 18.2 Å². The number of ether oxygens (including phenoxy) is 2. The largest absolute Gasteiger partial charge is 0.491 e. The van der Waals surface area contributed by atoms with E-state index in [4.69, 9.17) is 9.47 Å². The van der Waals surface area contributed by atoms with E-state index in [0.29, 0.717) is 13.2 Å². The molecular formula is C18H31NO2. The maximum Gasteiger partial charge on any atom is 0.126 e. The van der Waals surface area contributed by atoms with E-state index < -0.39 is 0 Å². The number of aryl methyl sites for hydroxylation is 1. The molecule has 1 aromatic carbocycles. The van der Waals surface area contributed by atoms with Crippen molar-refractivity contribution in [3.63, 3.8) is 0 Å². The quantitative estimate of drug-likeness (QED) is 0.802. The summed E-state index contributed by atoms with van der Waals surface area (Å²) in [5.74, 6) is 0.978. The van der Waals surface area contributed by atoms with E-state index >= 15 is 0 Å². The Hall–Kier alpha value is -1.06. The summed E-state index contributed by atoms with van der Waals surface area (Å²) in [6.07, 6.45) is 0. The Kier molecular flexibility index (Phi) is 6.24. The summed E-state index contributed by atoms with van der Waals surface area (Å²) in [6.45, 7) is 16.7. The summed E-state index contributed by atoms with van der Waals surface area (Å²) in [4.78, 5) is 0. The Balaban J connectivity index is 2.63. The number of hydrogen-bond acceptors (Lipinski definition) is 3. The minimum absolute atomic E-state index is 0.0936. The molecule has 1 N–H and O–H groups in total. The van der Waals surface area contributed by atoms with E-state index in [1.54, 1.807) is 0 Å². The zero-order chi connectivity index (χ0) is 16.1. The van der Waals surface area contributed by atoms with E-state index in [1.165, 1.54) is 11.1 Å². The Morgan fingerprint density at radius 3 is 2.24 bits per heavy atom. The van der Waals surface area contributed by atoms with Gasteiger partial charge in [0.1, 0.15) is 12.4 Å². The number of benzene rings is 1. The first-order chi connectivity index (χ1) is 9.58. The molecule has 3 heteroatoms. The lowest BCUT2D eigenvalue weighted by atomic mass is 10.1. The van der Waals surface area contributed by atoms with Crippen LogP contribution in [0.4, 0.5) is 0 Å². The van der Waals surface area contributed by atoms with Crippen LogP contribution in [0, 0.1) is 6.92 Å². The summed E-state index contributed by atoms with van der Waals surface area (Å²) >= 11 is 0. The molecule has 0 aliphatic rings. The highest BCUT2D eigenvalue weighted by atomic mass is 16.5. The zero-order valence-corrected chi connectivity index (χ0v) is 14.7. The zero-order valence-electron chi connectivity index (χ0n) is 14.7. The van der Waals surface area contributed by atoms with Crippen LogP contribution in [-0.2, 0) is 11.3 Å². The smallest absolute Gasteiger partial charge is 0.126 e. The second-order valence-electron chi connectivity index (χ2n) is 7.48. The van der Waals surface area contributed by atoms with Crippen molar-refractivity contribution in [1.29, 1.82) is 0 Å². The first-order valence-corrected chi connectivity index (χ1v) is 7.69. The first-order valence-electron chi connectivity index (χ1n) is 7.69. The van der Waals surface area contributed by atoms with Gasteiger partial charge in [0.2, 0.25) is 0 Å². The fourth-order valence-corrected chi connectivity index (χ4v) is 1.91. The van der Waals surface area contributed by atoms with Gasteiger partial charge in [-0.15, -0.1) is 0 Å². The van der Waals surface area contributed by atoms with Gasteiger partial charge in [0.15, 0.2) is 0 Å². The molecule has 0 unspecified atom stereocenters. The molecule has 0 amide bonds. The van der Waals surface area contributed by atoms with Gasteiger partial charge in [-0.05, 0) is 54.0 Å². The molecule has 0 fully saturated rings. The normalized spacial score (nSPS) is 12.5. The van der Waals surface area contributed by atoms with E-state index in [0.717, 1.165) is 12.3 Å². The second-order valence-corrected chi connectivity index (χ2v) is 7.48. The Morgan fingerprint density at radius 1 is 1.00 bits per heavy atom. The maximum absolute atomic E-state index is 5.96. The molecule has 0 bridgehead atoms. The molecule has 1 aromatic rings. The van der Waals surface area contributed by atoms with E-state index in [2.05, 4.69) is 72.0 Å². The third kappa shape index (κ3) is 7.49. The van der Waals surface area contributed by atoms with Crippen LogP contribution in [0.2, 0.25) is 0 Å². The topological polar surface area (TPSA) is 30.5 Å². The highest BCUT2D eigenvalue weighted by Gasteiger charge is 2.13. The van der Waals surface area contributed by atoms with Crippen LogP contribution in [-0.4, -0.2) is 24.4 Å². The van der Waals surface area contributed by atoms with Gasteiger partial charge in [0.05, 0.1) is 12.2 Å². The fraction of sp³-hybridized carbons (Fsp3) is 0.667. The molecule has 0 radical (unpaired) electrons. The Morgan fingerprint density at radius 2 is 1.67 bits per heavy atom. The Labute approximate surface area is 130 Å². The van der Waals surface area contributed by atoms with Crippen molar-refractivity contribution in [3.05, 3.63) is 29.3 Å². The van der Waals surface area contributed by atoms with Gasteiger partial charge in [0, 0.05) is 17.6 Å². The molecule has 0 saturated heterocycles. The van der Waals surface area contributed by atoms with Gasteiger partial charge >= 0.3 is 0 Å². The average molecular weight is 293 g/mol. The molecule has 21 heavy (non-hydrogen) atoms. The minimum atomic E-state index is -0.119. The predicted molar refractivity (Wildman–Crippen MR) is 89.0 cm³/mol. The predicted octanol–water partition coefficient (Wildman–Crippen LogP) is 4.08. The highest BCUT2D eigenvalue weighted by Crippen LogP contribution is 2.24. The van der Waals surface area contributed by atoms with Crippen molar-refractivity contribution in [1.82, 2.24) is 5.32 Å². The van der Waals surface area contributed by atoms with E-state index in [9.17, 15) is 0 Å². The molecule has 1 rings (SSSR count). The average Bonchev–Trinajstić information content (AvgIpc) is 2.31. The van der Waals surface area contributed by atoms with Gasteiger partial charge < -0.3 is 14.8 Å². The van der Waals surface area contributed by atoms with E-state index in [-0.39, 0.29) is 11.1 Å². The minimum Gasteiger partial charge on any atom is -0.491 e. The van der Waals surface area contributed by atoms with Crippen molar-refractivity contribution >= 4 is 0 Å². The Bertz CT molecular complexity index is 442. The summed E-state index contributed by atoms with van der Waals surface area (Å²) in [7, 11) is 0. The van der Waals surface area contributed by atoms with Crippen LogP contribution in [0.5, 0.6) is 5.75 Å². The summed E-state index contributed by atoms with van der Waals surface area (Å²) in [5, 5.41) is 3.51. The third-order valence-corrected chi connectivity index (χ3v) is 2.97. The third-order valence-electron chi connectivity index (χ3n) is 2.97. The standard InChI is InChI=1S/C18H31NO2/c1-14-9-8-10-15(13-19-17(2,3)4)16(14)20-11-12-21-18(5,6)7/h8-10,19H,11-13H2,1-7H3. The first kappa shape index (κ1) is 18.0. The van der Waals surface area contributed by atoms with E-state index in [1.807, 2.05) is 0 Å². The number of nitrogens with one attached hydrogen (secondary N) is 1. The van der Waals surface area contributed by atoms with Crippen molar-refractivity contribution in [2.45, 2.75) is 66.2 Å². The number of rotatable bonds is 6. The molecule has 0 aliphatic carbocycles. The number of para-hydroxylation sites is 1. The summed E-state index contributed by atoms with van der Waals surface area (Å²) < 4.78 is 11.7. The molecule has 0 aromatic heterocycles. The molecule has 0 saturated carbocycles. The highest BCUT2D eigenvalue weighted by molar-refractivity contribution is 5.40. The maximum atomic E-state index is 5.96. The van der Waals surface area contributed by atoms with Crippen molar-refractivity contribution in [3.8, 4) is 5.75 Å². The lowest BCUT2D eigenvalue weighted by molar-refractivity contribution is -0.0164. The second kappa shape index (κ2) is 7.28. The number of hydrogen-bond donors (Lipinski definition) is 1. The molecular weight excluding hydrogens is 262 g/mol. The van der Waals surface area contributed by atoms with Crippen LogP contribution < -0.4 is 10.1 Å². The van der Waals surface area contributed by atoms with Crippen molar-refractivity contribution < 1.29 is 9.47 Å². The fourth-order valence-electron chi connectivity index (χ4n) is 1.91. The molecule has 120 valence electrons. The molecule has 3 nitrogen and oxygen atoms in total. The van der Waals surface area contributed by atoms with Crippen molar-refractivity contribution in [2.24, 2.45) is 0 Å². The molecule has 0 spiro atoms. The van der Waals surface area contributed by atoms with Crippen LogP contribution in [0.25, 0.3) is 0 Å². The molecule has 0 aliphatic heterocycles. The van der Waals surface area contributed by atoms with Gasteiger partial charge in [-0.2, -0.15) is 0 Å². The van der Waals surface area contributed by atoms with Crippen LogP contribution >= 0.6 is 0 Å². The molecule has 0 heterocycles. The lowest BCUT2D eigenvalue weighted by Gasteiger charge is -2.23. The van der Waals surface area contributed by atoms with Crippen LogP contribution in [0.1, 0.15) is 52.7 Å². The van der Waals surface area contributed by atoms with Crippen molar-refractivity contribution in [2.75, 3.05) is 13.2 Å². The monoisotopic (exact) mass is 293 g/mol. The summed E-state index contributed by atoms with van der Waals surface area (Å²) in [5.41, 5.74) is 2.34. The van der Waals surface area contributed by atoms with Crippen LogP contribution in [0.3, 0.4) is 0 Å². The van der Waals surface area contributed by atoms with Gasteiger partial charge in [-0.25, -0.2) is 0 Å². The van der Waals surface area contributed by atoms with Gasteiger partial charge in [-0.3, -0.25) is 0 Å².